The summed E-state index contributed by atoms with van der Waals surface area (Å²) in [5.74, 6) is -0.378. The molecule has 0 radical (unpaired) electrons. The predicted molar refractivity (Wildman–Crippen MR) is 161 cm³/mol. The first-order valence-corrected chi connectivity index (χ1v) is 16.3. The number of carbonyl (C=O) groups excluding carboxylic acids is 1. The Bertz CT molecular complexity index is 912. The number of fused-ring (bicyclic) bond motifs is 3. The van der Waals surface area contributed by atoms with Gasteiger partial charge in [0.1, 0.15) is 11.9 Å². The molecule has 0 aromatic rings. The standard InChI is InChI=1S/C32H56FN5O3/c1-5-14-32(7-3)15-10-12-22(33)18-38(4)26(16-32)27(30(34)35)31(39)37-28-25-13-9-8-11-21(6-2)24(17-36-25)29(28)41-23-19-40-20-23/h10,12,18,21,23-30,36H,5-9,11,13-17,19-20,34-35H2,1-4H3,(H,37,39). The molecule has 8 atom stereocenters. The lowest BCUT2D eigenvalue weighted by molar-refractivity contribution is -0.185. The van der Waals surface area contributed by atoms with Crippen LogP contribution in [-0.4, -0.2) is 74.1 Å². The van der Waals surface area contributed by atoms with Crippen LogP contribution >= 0.6 is 0 Å². The minimum Gasteiger partial charge on any atom is -0.376 e. The number of nitrogens with one attached hydrogen (secondary N) is 2. The molecule has 0 spiro atoms. The van der Waals surface area contributed by atoms with Crippen LogP contribution in [0.1, 0.15) is 85.0 Å². The summed E-state index contributed by atoms with van der Waals surface area (Å²) < 4.78 is 27.0. The molecule has 3 fully saturated rings. The number of piperidine rings is 1. The molecule has 0 aromatic carbocycles. The van der Waals surface area contributed by atoms with E-state index in [-0.39, 0.29) is 47.5 Å². The van der Waals surface area contributed by atoms with Gasteiger partial charge in [-0.3, -0.25) is 4.79 Å². The fourth-order valence-corrected chi connectivity index (χ4v) is 7.99. The van der Waals surface area contributed by atoms with E-state index < -0.39 is 12.1 Å². The van der Waals surface area contributed by atoms with Gasteiger partial charge in [0.05, 0.1) is 37.4 Å². The average molecular weight is 578 g/mol. The first-order chi connectivity index (χ1) is 19.7. The van der Waals surface area contributed by atoms with Gasteiger partial charge in [0.25, 0.3) is 0 Å². The maximum absolute atomic E-state index is 14.8. The molecule has 0 aromatic heterocycles. The van der Waals surface area contributed by atoms with Crippen LogP contribution in [-0.2, 0) is 14.3 Å². The smallest absolute Gasteiger partial charge is 0.228 e. The van der Waals surface area contributed by atoms with Gasteiger partial charge in [-0.1, -0.05) is 65.4 Å². The van der Waals surface area contributed by atoms with Crippen molar-refractivity contribution in [1.82, 2.24) is 15.5 Å². The highest BCUT2D eigenvalue weighted by molar-refractivity contribution is 5.80. The number of nitrogens with zero attached hydrogens (tertiary/aromatic N) is 1. The van der Waals surface area contributed by atoms with Crippen molar-refractivity contribution in [3.63, 3.8) is 0 Å². The summed E-state index contributed by atoms with van der Waals surface area (Å²) in [6.45, 7) is 8.73. The molecule has 4 rings (SSSR count). The Kier molecular flexibility index (Phi) is 11.7. The van der Waals surface area contributed by atoms with Crippen LogP contribution in [0.5, 0.6) is 0 Å². The van der Waals surface area contributed by atoms with Crippen LogP contribution in [0.2, 0.25) is 0 Å². The second kappa shape index (κ2) is 14.8. The van der Waals surface area contributed by atoms with E-state index in [1.54, 1.807) is 6.08 Å². The van der Waals surface area contributed by atoms with Gasteiger partial charge < -0.3 is 36.5 Å². The largest absolute Gasteiger partial charge is 0.376 e. The number of rotatable bonds is 10. The van der Waals surface area contributed by atoms with Gasteiger partial charge in [0.15, 0.2) is 0 Å². The number of hydrogen-bond acceptors (Lipinski definition) is 7. The molecule has 9 heteroatoms. The zero-order valence-corrected chi connectivity index (χ0v) is 25.8. The van der Waals surface area contributed by atoms with E-state index in [1.165, 1.54) is 19.0 Å². The Morgan fingerprint density at radius 2 is 2.02 bits per heavy atom. The van der Waals surface area contributed by atoms with Crippen LogP contribution in [0.3, 0.4) is 0 Å². The Morgan fingerprint density at radius 3 is 2.66 bits per heavy atom. The van der Waals surface area contributed by atoms with Gasteiger partial charge in [-0.25, -0.2) is 4.39 Å². The molecule has 41 heavy (non-hydrogen) atoms. The maximum atomic E-state index is 14.8. The number of nitrogens with two attached hydrogens (primary N) is 2. The van der Waals surface area contributed by atoms with Crippen molar-refractivity contribution < 1.29 is 18.7 Å². The van der Waals surface area contributed by atoms with E-state index in [9.17, 15) is 9.18 Å². The Labute approximate surface area is 247 Å². The van der Waals surface area contributed by atoms with E-state index in [0.717, 1.165) is 51.5 Å². The molecule has 8 unspecified atom stereocenters. The van der Waals surface area contributed by atoms with Crippen molar-refractivity contribution in [3.8, 4) is 0 Å². The van der Waals surface area contributed by atoms with E-state index in [0.29, 0.717) is 31.5 Å². The molecule has 4 aliphatic rings. The fraction of sp³-hybridized carbons (Fsp3) is 0.844. The van der Waals surface area contributed by atoms with Gasteiger partial charge in [0, 0.05) is 37.8 Å². The zero-order valence-electron chi connectivity index (χ0n) is 25.8. The molecule has 3 heterocycles. The quantitative estimate of drug-likeness (QED) is 0.291. The first kappa shape index (κ1) is 32.4. The highest BCUT2D eigenvalue weighted by Crippen LogP contribution is 2.42. The molecular formula is C32H56FN5O3. The molecule has 1 saturated carbocycles. The van der Waals surface area contributed by atoms with Crippen LogP contribution in [0.25, 0.3) is 0 Å². The molecule has 8 nitrogen and oxygen atoms in total. The first-order valence-electron chi connectivity index (χ1n) is 16.3. The van der Waals surface area contributed by atoms with Crippen molar-refractivity contribution in [2.24, 2.45) is 34.6 Å². The number of allylic oxidation sites excluding steroid dienone is 3. The third-order valence-corrected chi connectivity index (χ3v) is 10.5. The van der Waals surface area contributed by atoms with Crippen LogP contribution in [0.15, 0.2) is 24.2 Å². The van der Waals surface area contributed by atoms with E-state index in [4.69, 9.17) is 20.9 Å². The lowest BCUT2D eigenvalue weighted by Crippen LogP contribution is -2.68. The van der Waals surface area contributed by atoms with Gasteiger partial charge in [-0.2, -0.15) is 0 Å². The second-order valence-corrected chi connectivity index (χ2v) is 13.2. The lowest BCUT2D eigenvalue weighted by atomic mass is 9.70. The third-order valence-electron chi connectivity index (χ3n) is 10.5. The molecule has 1 aliphatic carbocycles. The number of halogens is 1. The highest BCUT2D eigenvalue weighted by atomic mass is 19.1. The van der Waals surface area contributed by atoms with E-state index >= 15 is 0 Å². The summed E-state index contributed by atoms with van der Waals surface area (Å²) in [7, 11) is 1.84. The van der Waals surface area contributed by atoms with Crippen LogP contribution in [0.4, 0.5) is 4.39 Å². The summed E-state index contributed by atoms with van der Waals surface area (Å²) in [4.78, 5) is 16.2. The van der Waals surface area contributed by atoms with Gasteiger partial charge in [0.2, 0.25) is 5.91 Å². The number of hydrogen-bond donors (Lipinski definition) is 4. The van der Waals surface area contributed by atoms with Gasteiger partial charge in [-0.05, 0) is 43.1 Å². The summed E-state index contributed by atoms with van der Waals surface area (Å²) in [5, 5.41) is 7.23. The fourth-order valence-electron chi connectivity index (χ4n) is 7.99. The molecule has 1 amide bonds. The molecule has 3 aliphatic heterocycles. The maximum Gasteiger partial charge on any atom is 0.228 e. The molecule has 2 saturated heterocycles. The normalized spacial score (nSPS) is 35.8. The van der Waals surface area contributed by atoms with Crippen molar-refractivity contribution in [1.29, 1.82) is 0 Å². The zero-order chi connectivity index (χ0) is 29.6. The van der Waals surface area contributed by atoms with Crippen molar-refractivity contribution >= 4 is 5.91 Å². The average Bonchev–Trinajstić information content (AvgIpc) is 3.08. The number of ether oxygens (including phenoxy) is 2. The topological polar surface area (TPSA) is 115 Å². The van der Waals surface area contributed by atoms with Crippen molar-refractivity contribution in [3.05, 3.63) is 24.2 Å². The minimum absolute atomic E-state index is 0.0618. The molecule has 2 bridgehead atoms. The van der Waals surface area contributed by atoms with Crippen molar-refractivity contribution in [2.45, 2.75) is 121 Å². The van der Waals surface area contributed by atoms with Gasteiger partial charge in [-0.15, -0.1) is 0 Å². The molecule has 6 N–H and O–H groups in total. The van der Waals surface area contributed by atoms with Gasteiger partial charge >= 0.3 is 0 Å². The van der Waals surface area contributed by atoms with E-state index in [2.05, 4.69) is 31.4 Å². The minimum atomic E-state index is -0.895. The Hall–Kier alpha value is -1.52. The second-order valence-electron chi connectivity index (χ2n) is 13.2. The summed E-state index contributed by atoms with van der Waals surface area (Å²) in [6.07, 6.45) is 14.0. The Morgan fingerprint density at radius 1 is 1.27 bits per heavy atom. The predicted octanol–water partition coefficient (Wildman–Crippen LogP) is 3.96. The summed E-state index contributed by atoms with van der Waals surface area (Å²) in [5.41, 5.74) is 12.8. The van der Waals surface area contributed by atoms with E-state index in [1.807, 2.05) is 18.0 Å². The third kappa shape index (κ3) is 7.71. The Balaban J connectivity index is 1.65. The van der Waals surface area contributed by atoms with Crippen molar-refractivity contribution in [2.75, 3.05) is 26.8 Å². The summed E-state index contributed by atoms with van der Waals surface area (Å²) >= 11 is 0. The summed E-state index contributed by atoms with van der Waals surface area (Å²) in [6, 6.07) is -0.435. The highest BCUT2D eigenvalue weighted by Gasteiger charge is 2.48. The lowest BCUT2D eigenvalue weighted by Gasteiger charge is -2.48. The van der Waals surface area contributed by atoms with Crippen LogP contribution < -0.4 is 22.1 Å². The molecule has 234 valence electrons. The monoisotopic (exact) mass is 577 g/mol. The molecular weight excluding hydrogens is 521 g/mol. The van der Waals surface area contributed by atoms with Crippen LogP contribution in [0, 0.1) is 23.2 Å². The number of carbonyl (C=O) groups is 1. The SMILES string of the molecule is CCCC1(CC)CC=CC(F)=CN(C)C(C(C(=O)NC2C3CCCCC(CC)C(CN3)C2OC2COC2)C(N)N)C1. The number of amides is 1.